The van der Waals surface area contributed by atoms with E-state index in [1.165, 1.54) is 0 Å². The number of carbonyl (C=O) groups is 1. The summed E-state index contributed by atoms with van der Waals surface area (Å²) >= 11 is 0. The lowest BCUT2D eigenvalue weighted by Crippen LogP contribution is -2.34. The van der Waals surface area contributed by atoms with Crippen LogP contribution in [0.5, 0.6) is 0 Å². The van der Waals surface area contributed by atoms with Crippen LogP contribution in [0.1, 0.15) is 52.1 Å². The summed E-state index contributed by atoms with van der Waals surface area (Å²) in [4.78, 5) is 25.1. The van der Waals surface area contributed by atoms with Crippen molar-refractivity contribution in [2.24, 2.45) is 5.92 Å². The minimum Gasteiger partial charge on any atom is -0.427 e. The van der Waals surface area contributed by atoms with Gasteiger partial charge >= 0.3 is 5.63 Å². The lowest BCUT2D eigenvalue weighted by atomic mass is 9.94. The zero-order valence-corrected chi connectivity index (χ0v) is 15.7. The molecule has 1 unspecified atom stereocenters. The minimum atomic E-state index is -0.541. The van der Waals surface area contributed by atoms with E-state index in [4.69, 9.17) is 4.42 Å². The molecule has 0 aliphatic carbocycles. The monoisotopic (exact) mass is 371 g/mol. The second-order valence-electron chi connectivity index (χ2n) is 7.57. The average molecular weight is 371 g/mol. The average Bonchev–Trinajstić information content (AvgIpc) is 3.22. The van der Waals surface area contributed by atoms with Gasteiger partial charge in [0.1, 0.15) is 23.0 Å². The summed E-state index contributed by atoms with van der Waals surface area (Å²) in [5.41, 5.74) is 0.248. The summed E-state index contributed by atoms with van der Waals surface area (Å²) in [5.74, 6) is 2.68. The fourth-order valence-corrected chi connectivity index (χ4v) is 4.07. The molecule has 2 aromatic heterocycles. The Morgan fingerprint density at radius 3 is 2.81 bits per heavy atom. The number of hydrogen-bond acceptors (Lipinski definition) is 6. The summed E-state index contributed by atoms with van der Waals surface area (Å²) in [7, 11) is 0. The van der Waals surface area contributed by atoms with Crippen molar-refractivity contribution in [3.63, 3.8) is 0 Å². The largest absolute Gasteiger partial charge is 0.427 e. The van der Waals surface area contributed by atoms with Crippen LogP contribution in [0.3, 0.4) is 0 Å². The molecule has 144 valence electrons. The van der Waals surface area contributed by atoms with Crippen LogP contribution in [0.2, 0.25) is 0 Å². The first kappa shape index (κ1) is 17.9. The van der Waals surface area contributed by atoms with Gasteiger partial charge in [-0.3, -0.25) is 4.79 Å². The summed E-state index contributed by atoms with van der Waals surface area (Å²) in [6, 6.07) is 1.85. The molecule has 8 heteroatoms. The number of fused-ring (bicyclic) bond motifs is 1. The highest BCUT2D eigenvalue weighted by molar-refractivity contribution is 5.95. The number of carbonyl (C=O) groups excluding carboxylic acids is 1. The Labute approximate surface area is 157 Å². The predicted octanol–water partition coefficient (Wildman–Crippen LogP) is 0.917. The van der Waals surface area contributed by atoms with Gasteiger partial charge in [0, 0.05) is 31.3 Å². The number of piperidine rings is 1. The summed E-state index contributed by atoms with van der Waals surface area (Å²) in [5, 5.41) is 14.4. The molecular formula is C19H25N5O3. The molecule has 8 nitrogen and oxygen atoms in total. The van der Waals surface area contributed by atoms with Crippen LogP contribution >= 0.6 is 0 Å². The molecule has 1 fully saturated rings. The Morgan fingerprint density at radius 1 is 1.33 bits per heavy atom. The lowest BCUT2D eigenvalue weighted by molar-refractivity contribution is 0.0941. The fourth-order valence-electron chi connectivity index (χ4n) is 4.07. The molecule has 2 aliphatic heterocycles. The summed E-state index contributed by atoms with van der Waals surface area (Å²) in [6.45, 7) is 6.85. The van der Waals surface area contributed by atoms with Crippen molar-refractivity contribution in [1.29, 1.82) is 0 Å². The molecule has 2 aromatic rings. The number of aromatic nitrogens is 3. The van der Waals surface area contributed by atoms with Crippen LogP contribution in [0.4, 0.5) is 0 Å². The molecule has 1 saturated heterocycles. The van der Waals surface area contributed by atoms with Crippen LogP contribution in [0.15, 0.2) is 15.3 Å². The van der Waals surface area contributed by atoms with E-state index in [1.54, 1.807) is 6.92 Å². The van der Waals surface area contributed by atoms with Crippen molar-refractivity contribution in [1.82, 2.24) is 25.4 Å². The number of nitrogens with zero attached hydrogens (tertiary/aromatic N) is 3. The number of aryl methyl sites for hydroxylation is 2. The topological polar surface area (TPSA) is 102 Å². The number of amides is 1. The quantitative estimate of drug-likeness (QED) is 0.829. The van der Waals surface area contributed by atoms with Crippen molar-refractivity contribution in [3.8, 4) is 0 Å². The minimum absolute atomic E-state index is 0.112. The van der Waals surface area contributed by atoms with Crippen molar-refractivity contribution in [2.75, 3.05) is 19.6 Å². The Morgan fingerprint density at radius 2 is 2.11 bits per heavy atom. The molecule has 1 atom stereocenters. The van der Waals surface area contributed by atoms with E-state index >= 15 is 0 Å². The van der Waals surface area contributed by atoms with Crippen molar-refractivity contribution < 1.29 is 9.21 Å². The first-order valence-corrected chi connectivity index (χ1v) is 9.55. The van der Waals surface area contributed by atoms with Gasteiger partial charge in [-0.1, -0.05) is 0 Å². The fraction of sp³-hybridized carbons (Fsp3) is 0.579. The van der Waals surface area contributed by atoms with E-state index in [0.29, 0.717) is 17.9 Å². The second kappa shape index (κ2) is 7.26. The summed E-state index contributed by atoms with van der Waals surface area (Å²) in [6.07, 6.45) is 2.67. The first-order chi connectivity index (χ1) is 13.0. The van der Waals surface area contributed by atoms with Gasteiger partial charge in [-0.15, -0.1) is 10.2 Å². The normalized spacial score (nSPS) is 19.9. The maximum atomic E-state index is 12.6. The van der Waals surface area contributed by atoms with E-state index in [9.17, 15) is 9.59 Å². The SMILES string of the molecule is Cc1cc(C2CCNCC2)oc(=O)c1C(=O)NCC1Cc2nnc(C)n2C1. The van der Waals surface area contributed by atoms with Crippen molar-refractivity contribution in [3.05, 3.63) is 45.0 Å². The van der Waals surface area contributed by atoms with E-state index in [1.807, 2.05) is 13.0 Å². The Bertz CT molecular complexity index is 911. The lowest BCUT2D eigenvalue weighted by Gasteiger charge is -2.22. The highest BCUT2D eigenvalue weighted by atomic mass is 16.4. The number of rotatable bonds is 4. The van der Waals surface area contributed by atoms with Gasteiger partial charge in [0.2, 0.25) is 0 Å². The Balaban J connectivity index is 1.42. The highest BCUT2D eigenvalue weighted by Gasteiger charge is 2.26. The molecule has 4 heterocycles. The van der Waals surface area contributed by atoms with Crippen LogP contribution < -0.4 is 16.3 Å². The zero-order valence-electron chi connectivity index (χ0n) is 15.7. The van der Waals surface area contributed by atoms with E-state index in [-0.39, 0.29) is 23.3 Å². The van der Waals surface area contributed by atoms with Gasteiger partial charge in [-0.25, -0.2) is 4.79 Å². The molecule has 2 aliphatic rings. The molecule has 0 aromatic carbocycles. The maximum absolute atomic E-state index is 12.6. The van der Waals surface area contributed by atoms with Crippen LogP contribution in [0.25, 0.3) is 0 Å². The van der Waals surface area contributed by atoms with Gasteiger partial charge in [-0.05, 0) is 51.4 Å². The van der Waals surface area contributed by atoms with Crippen LogP contribution in [-0.2, 0) is 13.0 Å². The molecule has 0 spiro atoms. The van der Waals surface area contributed by atoms with Crippen molar-refractivity contribution in [2.45, 2.75) is 45.6 Å². The van der Waals surface area contributed by atoms with Gasteiger partial charge in [0.25, 0.3) is 5.91 Å². The Hall–Kier alpha value is -2.48. The van der Waals surface area contributed by atoms with E-state index in [2.05, 4.69) is 25.4 Å². The molecule has 4 rings (SSSR count). The molecule has 0 saturated carbocycles. The standard InChI is InChI=1S/C19H25N5O3/c1-11-7-15(14-3-5-20-6-4-14)27-19(26)17(11)18(25)21-9-13-8-16-23-22-12(2)24(16)10-13/h7,13-14,20H,3-6,8-10H2,1-2H3,(H,21,25). The van der Waals surface area contributed by atoms with Crippen molar-refractivity contribution >= 4 is 5.91 Å². The second-order valence-corrected chi connectivity index (χ2v) is 7.57. The van der Waals surface area contributed by atoms with E-state index in [0.717, 1.165) is 50.5 Å². The van der Waals surface area contributed by atoms with Gasteiger partial charge < -0.3 is 19.6 Å². The molecule has 27 heavy (non-hydrogen) atoms. The molecule has 0 bridgehead atoms. The van der Waals surface area contributed by atoms with Crippen LogP contribution in [-0.4, -0.2) is 40.3 Å². The molecular weight excluding hydrogens is 346 g/mol. The third-order valence-electron chi connectivity index (χ3n) is 5.61. The molecule has 1 amide bonds. The third kappa shape index (κ3) is 3.53. The van der Waals surface area contributed by atoms with E-state index < -0.39 is 5.63 Å². The highest BCUT2D eigenvalue weighted by Crippen LogP contribution is 2.25. The maximum Gasteiger partial charge on any atom is 0.349 e. The van der Waals surface area contributed by atoms with Gasteiger partial charge in [0.05, 0.1) is 0 Å². The Kier molecular flexibility index (Phi) is 4.82. The predicted molar refractivity (Wildman–Crippen MR) is 98.8 cm³/mol. The number of hydrogen-bond donors (Lipinski definition) is 2. The van der Waals surface area contributed by atoms with Crippen LogP contribution in [0, 0.1) is 19.8 Å². The summed E-state index contributed by atoms with van der Waals surface area (Å²) < 4.78 is 7.58. The molecule has 0 radical (unpaired) electrons. The smallest absolute Gasteiger partial charge is 0.349 e. The first-order valence-electron chi connectivity index (χ1n) is 9.55. The molecule has 2 N–H and O–H groups in total. The third-order valence-corrected chi connectivity index (χ3v) is 5.61. The van der Waals surface area contributed by atoms with Gasteiger partial charge in [0.15, 0.2) is 0 Å². The zero-order chi connectivity index (χ0) is 19.0. The van der Waals surface area contributed by atoms with Gasteiger partial charge in [-0.2, -0.15) is 0 Å². The number of nitrogens with one attached hydrogen (secondary N) is 2.